The molecule has 2 aliphatic carbocycles. The lowest BCUT2D eigenvalue weighted by Gasteiger charge is -2.34. The molecule has 0 spiro atoms. The second-order valence-electron chi connectivity index (χ2n) is 6.78. The van der Waals surface area contributed by atoms with Crippen LogP contribution in [0.4, 0.5) is 0 Å². The number of hydrogen-bond acceptors (Lipinski definition) is 2. The number of nitrogens with one attached hydrogen (secondary N) is 1. The molecule has 0 bridgehead atoms. The van der Waals surface area contributed by atoms with E-state index < -0.39 is 10.0 Å². The zero-order valence-electron chi connectivity index (χ0n) is 12.4. The molecule has 1 N–H and O–H groups in total. The van der Waals surface area contributed by atoms with Crippen molar-refractivity contribution in [3.05, 3.63) is 0 Å². The van der Waals surface area contributed by atoms with Crippen LogP contribution in [0.3, 0.4) is 0 Å². The van der Waals surface area contributed by atoms with Gasteiger partial charge in [-0.05, 0) is 37.0 Å². The fourth-order valence-corrected chi connectivity index (χ4v) is 5.54. The van der Waals surface area contributed by atoms with Crippen LogP contribution in [0.5, 0.6) is 0 Å². The van der Waals surface area contributed by atoms with Crippen LogP contribution in [0, 0.1) is 17.8 Å². The van der Waals surface area contributed by atoms with Crippen molar-refractivity contribution in [1.29, 1.82) is 0 Å². The van der Waals surface area contributed by atoms with Crippen LogP contribution < -0.4 is 4.72 Å². The van der Waals surface area contributed by atoms with Crippen molar-refractivity contribution < 1.29 is 8.42 Å². The fourth-order valence-electron chi connectivity index (χ4n) is 3.69. The molecule has 112 valence electrons. The third-order valence-corrected chi connectivity index (χ3v) is 6.79. The first-order chi connectivity index (χ1) is 8.98. The van der Waals surface area contributed by atoms with Gasteiger partial charge in [0.15, 0.2) is 0 Å². The van der Waals surface area contributed by atoms with Crippen molar-refractivity contribution in [2.75, 3.05) is 5.75 Å². The molecule has 0 aromatic rings. The minimum atomic E-state index is -3.09. The third kappa shape index (κ3) is 4.45. The molecule has 0 unspecified atom stereocenters. The number of hydrogen-bond donors (Lipinski definition) is 1. The van der Waals surface area contributed by atoms with Crippen molar-refractivity contribution in [3.8, 4) is 0 Å². The highest BCUT2D eigenvalue weighted by atomic mass is 32.2. The third-order valence-electron chi connectivity index (χ3n) is 5.22. The lowest BCUT2D eigenvalue weighted by Crippen LogP contribution is -2.45. The first kappa shape index (κ1) is 15.3. The van der Waals surface area contributed by atoms with Gasteiger partial charge in [0.2, 0.25) is 10.0 Å². The molecule has 2 aliphatic rings. The molecule has 0 heterocycles. The van der Waals surface area contributed by atoms with Crippen LogP contribution in [0.15, 0.2) is 0 Å². The zero-order chi connectivity index (χ0) is 13.9. The first-order valence-electron chi connectivity index (χ1n) is 7.98. The maximum Gasteiger partial charge on any atom is 0.212 e. The highest BCUT2D eigenvalue weighted by Gasteiger charge is 2.31. The molecule has 0 saturated heterocycles. The van der Waals surface area contributed by atoms with Crippen LogP contribution >= 0.6 is 0 Å². The Kier molecular flexibility index (Phi) is 5.29. The van der Waals surface area contributed by atoms with Crippen LogP contribution in [0.25, 0.3) is 0 Å². The van der Waals surface area contributed by atoms with Gasteiger partial charge < -0.3 is 0 Å². The van der Waals surface area contributed by atoms with Crippen LogP contribution in [0.1, 0.15) is 65.2 Å². The second-order valence-corrected chi connectivity index (χ2v) is 8.58. The Morgan fingerprint density at radius 2 is 1.63 bits per heavy atom. The second kappa shape index (κ2) is 6.57. The van der Waals surface area contributed by atoms with E-state index in [9.17, 15) is 8.42 Å². The summed E-state index contributed by atoms with van der Waals surface area (Å²) in [6, 6.07) is 0.164. The Labute approximate surface area is 118 Å². The summed E-state index contributed by atoms with van der Waals surface area (Å²) >= 11 is 0. The van der Waals surface area contributed by atoms with Crippen molar-refractivity contribution in [2.24, 2.45) is 17.8 Å². The summed E-state index contributed by atoms with van der Waals surface area (Å²) in [4.78, 5) is 0. The predicted molar refractivity (Wildman–Crippen MR) is 79.5 cm³/mol. The molecule has 4 heteroatoms. The Balaban J connectivity index is 1.88. The maximum absolute atomic E-state index is 12.3. The Morgan fingerprint density at radius 3 is 2.32 bits per heavy atom. The van der Waals surface area contributed by atoms with Crippen molar-refractivity contribution >= 4 is 10.0 Å². The van der Waals surface area contributed by atoms with Crippen LogP contribution in [0.2, 0.25) is 0 Å². The Hall–Kier alpha value is -0.0900. The minimum Gasteiger partial charge on any atom is -0.212 e. The summed E-state index contributed by atoms with van der Waals surface area (Å²) < 4.78 is 27.6. The lowest BCUT2D eigenvalue weighted by molar-refractivity contribution is 0.226. The van der Waals surface area contributed by atoms with E-state index in [4.69, 9.17) is 0 Å². The van der Waals surface area contributed by atoms with E-state index in [1.54, 1.807) is 0 Å². The molecular formula is C15H29NO2S. The van der Waals surface area contributed by atoms with Crippen molar-refractivity contribution in [3.63, 3.8) is 0 Å². The van der Waals surface area contributed by atoms with E-state index in [0.29, 0.717) is 23.5 Å². The minimum absolute atomic E-state index is 0.164. The Bertz CT molecular complexity index is 374. The largest absolute Gasteiger partial charge is 0.212 e. The molecule has 0 aromatic heterocycles. The molecule has 19 heavy (non-hydrogen) atoms. The molecule has 2 rings (SSSR count). The average Bonchev–Trinajstić information content (AvgIpc) is 2.35. The van der Waals surface area contributed by atoms with Gasteiger partial charge in [-0.15, -0.1) is 0 Å². The van der Waals surface area contributed by atoms with E-state index in [0.717, 1.165) is 25.7 Å². The molecule has 3 atom stereocenters. The quantitative estimate of drug-likeness (QED) is 0.862. The highest BCUT2D eigenvalue weighted by Crippen LogP contribution is 2.30. The van der Waals surface area contributed by atoms with Gasteiger partial charge in [0.1, 0.15) is 0 Å². The van der Waals surface area contributed by atoms with Crippen molar-refractivity contribution in [1.82, 2.24) is 4.72 Å². The smallest absolute Gasteiger partial charge is 0.212 e. The summed E-state index contributed by atoms with van der Waals surface area (Å²) in [7, 11) is -3.09. The fraction of sp³-hybridized carbons (Fsp3) is 1.00. The molecule has 2 saturated carbocycles. The predicted octanol–water partition coefficient (Wildman–Crippen LogP) is 3.31. The SMILES string of the molecule is C[C@H]1[C@H](C)CCC[C@@H]1NS(=O)(=O)CC1CCCCC1. The zero-order valence-corrected chi connectivity index (χ0v) is 13.2. The van der Waals surface area contributed by atoms with E-state index in [2.05, 4.69) is 18.6 Å². The molecular weight excluding hydrogens is 258 g/mol. The van der Waals surface area contributed by atoms with Gasteiger partial charge in [0.25, 0.3) is 0 Å². The van der Waals surface area contributed by atoms with Crippen molar-refractivity contribution in [2.45, 2.75) is 71.3 Å². The van der Waals surface area contributed by atoms with Gasteiger partial charge in [0, 0.05) is 6.04 Å². The van der Waals surface area contributed by atoms with E-state index >= 15 is 0 Å². The maximum atomic E-state index is 12.3. The number of sulfonamides is 1. The molecule has 0 aliphatic heterocycles. The summed E-state index contributed by atoms with van der Waals surface area (Å²) in [5.74, 6) is 1.85. The van der Waals surface area contributed by atoms with E-state index in [1.165, 1.54) is 25.7 Å². The molecule has 0 amide bonds. The first-order valence-corrected chi connectivity index (χ1v) is 9.63. The van der Waals surface area contributed by atoms with Gasteiger partial charge in [-0.3, -0.25) is 0 Å². The Morgan fingerprint density at radius 1 is 0.947 bits per heavy atom. The van der Waals surface area contributed by atoms with Crippen LogP contribution in [-0.2, 0) is 10.0 Å². The van der Waals surface area contributed by atoms with Crippen LogP contribution in [-0.4, -0.2) is 20.2 Å². The van der Waals surface area contributed by atoms with Gasteiger partial charge in [-0.2, -0.15) is 0 Å². The standard InChI is InChI=1S/C15H29NO2S/c1-12-7-6-10-15(13(12)2)16-19(17,18)11-14-8-4-3-5-9-14/h12-16H,3-11H2,1-2H3/t12-,13+,15+/m1/s1. The highest BCUT2D eigenvalue weighted by molar-refractivity contribution is 7.89. The summed E-state index contributed by atoms with van der Waals surface area (Å²) in [5, 5.41) is 0. The van der Waals surface area contributed by atoms with Gasteiger partial charge in [0.05, 0.1) is 5.75 Å². The van der Waals surface area contributed by atoms with E-state index in [-0.39, 0.29) is 6.04 Å². The molecule has 3 nitrogen and oxygen atoms in total. The summed E-state index contributed by atoms with van der Waals surface area (Å²) in [6.07, 6.45) is 9.28. The average molecular weight is 287 g/mol. The van der Waals surface area contributed by atoms with Gasteiger partial charge in [-0.1, -0.05) is 46.0 Å². The summed E-state index contributed by atoms with van der Waals surface area (Å²) in [6.45, 7) is 4.43. The van der Waals surface area contributed by atoms with Gasteiger partial charge >= 0.3 is 0 Å². The van der Waals surface area contributed by atoms with E-state index in [1.807, 2.05) is 0 Å². The molecule has 0 aromatic carbocycles. The topological polar surface area (TPSA) is 46.2 Å². The normalized spacial score (nSPS) is 34.3. The van der Waals surface area contributed by atoms with Gasteiger partial charge in [-0.25, -0.2) is 13.1 Å². The molecule has 0 radical (unpaired) electrons. The lowest BCUT2D eigenvalue weighted by atomic mass is 9.78. The number of rotatable bonds is 4. The molecule has 2 fully saturated rings. The summed E-state index contributed by atoms with van der Waals surface area (Å²) in [5.41, 5.74) is 0. The monoisotopic (exact) mass is 287 g/mol.